The summed E-state index contributed by atoms with van der Waals surface area (Å²) in [6, 6.07) is 6.01. The lowest BCUT2D eigenvalue weighted by Gasteiger charge is -2.32. The number of alkyl halides is 2. The summed E-state index contributed by atoms with van der Waals surface area (Å²) in [6.45, 7) is 9.61. The Morgan fingerprint density at radius 1 is 1.04 bits per heavy atom. The van der Waals surface area contributed by atoms with Gasteiger partial charge >= 0.3 is 7.12 Å². The van der Waals surface area contributed by atoms with Gasteiger partial charge in [-0.05, 0) is 33.8 Å². The number of methoxy groups -OCH3 is 1. The van der Waals surface area contributed by atoms with Crippen molar-refractivity contribution in [1.82, 2.24) is 0 Å². The molecule has 1 saturated heterocycles. The van der Waals surface area contributed by atoms with Gasteiger partial charge in [-0.15, -0.1) is 23.2 Å². The van der Waals surface area contributed by atoms with Crippen molar-refractivity contribution in [2.75, 3.05) is 36.9 Å². The molecule has 0 bridgehead atoms. The first-order chi connectivity index (χ1) is 11.3. The van der Waals surface area contributed by atoms with Gasteiger partial charge in [-0.2, -0.15) is 0 Å². The van der Waals surface area contributed by atoms with Crippen molar-refractivity contribution in [3.63, 3.8) is 0 Å². The summed E-state index contributed by atoms with van der Waals surface area (Å²) in [5, 5.41) is 0. The van der Waals surface area contributed by atoms with E-state index < -0.39 is 7.12 Å². The van der Waals surface area contributed by atoms with Gasteiger partial charge in [0, 0.05) is 42.1 Å². The Morgan fingerprint density at radius 3 is 2.04 bits per heavy atom. The van der Waals surface area contributed by atoms with Crippen molar-refractivity contribution in [2.24, 2.45) is 0 Å². The maximum absolute atomic E-state index is 6.13. The van der Waals surface area contributed by atoms with Crippen molar-refractivity contribution in [3.05, 3.63) is 18.2 Å². The molecule has 4 nitrogen and oxygen atoms in total. The van der Waals surface area contributed by atoms with E-state index in [1.54, 1.807) is 7.11 Å². The van der Waals surface area contributed by atoms with Gasteiger partial charge in [0.15, 0.2) is 0 Å². The normalized spacial score (nSPS) is 18.7. The van der Waals surface area contributed by atoms with Crippen LogP contribution in [0.15, 0.2) is 18.2 Å². The van der Waals surface area contributed by atoms with Crippen LogP contribution in [-0.4, -0.2) is 50.3 Å². The van der Waals surface area contributed by atoms with Gasteiger partial charge in [0.1, 0.15) is 5.75 Å². The van der Waals surface area contributed by atoms with Crippen molar-refractivity contribution < 1.29 is 14.0 Å². The summed E-state index contributed by atoms with van der Waals surface area (Å²) >= 11 is 11.8. The first-order valence-electron chi connectivity index (χ1n) is 8.16. The third-order valence-corrected chi connectivity index (χ3v) is 5.14. The van der Waals surface area contributed by atoms with Crippen molar-refractivity contribution >= 4 is 41.5 Å². The Kier molecular flexibility index (Phi) is 6.35. The molecule has 0 amide bonds. The quantitative estimate of drug-likeness (QED) is 0.542. The minimum atomic E-state index is -0.450. The van der Waals surface area contributed by atoms with E-state index >= 15 is 0 Å². The topological polar surface area (TPSA) is 30.9 Å². The van der Waals surface area contributed by atoms with Crippen LogP contribution < -0.4 is 15.1 Å². The van der Waals surface area contributed by atoms with Crippen molar-refractivity contribution in [3.8, 4) is 5.75 Å². The van der Waals surface area contributed by atoms with Crippen LogP contribution in [0, 0.1) is 0 Å². The number of benzene rings is 1. The van der Waals surface area contributed by atoms with Crippen LogP contribution in [0.2, 0.25) is 0 Å². The number of rotatable bonds is 7. The van der Waals surface area contributed by atoms with Gasteiger partial charge in [-0.1, -0.05) is 6.07 Å². The highest BCUT2D eigenvalue weighted by atomic mass is 35.5. The molecular formula is C17H26BCl2NO3. The SMILES string of the molecule is COc1cc(N(CCCl)CCCl)ccc1B1OC(C)(C)C(C)(C)O1. The molecule has 1 heterocycles. The lowest BCUT2D eigenvalue weighted by atomic mass is 9.78. The summed E-state index contributed by atoms with van der Waals surface area (Å²) in [6.07, 6.45) is 0. The van der Waals surface area contributed by atoms with E-state index in [4.69, 9.17) is 37.2 Å². The molecule has 0 saturated carbocycles. The maximum atomic E-state index is 6.13. The Hall–Kier alpha value is -0.615. The molecule has 1 aliphatic rings. The second-order valence-electron chi connectivity index (χ2n) is 6.88. The summed E-state index contributed by atoms with van der Waals surface area (Å²) in [4.78, 5) is 2.14. The molecule has 1 aliphatic heterocycles. The minimum Gasteiger partial charge on any atom is -0.497 e. The predicted molar refractivity (Wildman–Crippen MR) is 102 cm³/mol. The largest absolute Gasteiger partial charge is 0.498 e. The Labute approximate surface area is 155 Å². The molecule has 0 aromatic heterocycles. The zero-order chi connectivity index (χ0) is 18.0. The van der Waals surface area contributed by atoms with E-state index in [9.17, 15) is 0 Å². The molecule has 0 atom stereocenters. The third kappa shape index (κ3) is 3.96. The maximum Gasteiger partial charge on any atom is 0.498 e. The van der Waals surface area contributed by atoms with Crippen LogP contribution in [0.25, 0.3) is 0 Å². The van der Waals surface area contributed by atoms with E-state index in [2.05, 4.69) is 4.90 Å². The van der Waals surface area contributed by atoms with Gasteiger partial charge in [0.2, 0.25) is 0 Å². The smallest absolute Gasteiger partial charge is 0.497 e. The zero-order valence-corrected chi connectivity index (χ0v) is 16.6. The zero-order valence-electron chi connectivity index (χ0n) is 15.1. The van der Waals surface area contributed by atoms with E-state index in [-0.39, 0.29) is 11.2 Å². The fraction of sp³-hybridized carbons (Fsp3) is 0.647. The third-order valence-electron chi connectivity index (χ3n) is 4.80. The summed E-state index contributed by atoms with van der Waals surface area (Å²) in [5.74, 6) is 1.82. The second-order valence-corrected chi connectivity index (χ2v) is 7.64. The molecule has 2 rings (SSSR count). The number of nitrogens with zero attached hydrogens (tertiary/aromatic N) is 1. The monoisotopic (exact) mass is 373 g/mol. The van der Waals surface area contributed by atoms with Crippen LogP contribution in [0.3, 0.4) is 0 Å². The molecule has 24 heavy (non-hydrogen) atoms. The first kappa shape index (κ1) is 19.7. The molecule has 0 radical (unpaired) electrons. The number of halogens is 2. The predicted octanol–water partition coefficient (Wildman–Crippen LogP) is 3.28. The van der Waals surface area contributed by atoms with E-state index in [1.807, 2.05) is 45.9 Å². The minimum absolute atomic E-state index is 0.384. The lowest BCUT2D eigenvalue weighted by molar-refractivity contribution is 0.00578. The molecule has 0 spiro atoms. The van der Waals surface area contributed by atoms with Crippen LogP contribution in [-0.2, 0) is 9.31 Å². The summed E-state index contributed by atoms with van der Waals surface area (Å²) in [7, 11) is 1.20. The highest BCUT2D eigenvalue weighted by Crippen LogP contribution is 2.37. The van der Waals surface area contributed by atoms with Crippen molar-refractivity contribution in [1.29, 1.82) is 0 Å². The van der Waals surface area contributed by atoms with Crippen LogP contribution in [0.5, 0.6) is 5.75 Å². The fourth-order valence-corrected chi connectivity index (χ4v) is 3.04. The molecule has 1 aromatic rings. The highest BCUT2D eigenvalue weighted by Gasteiger charge is 2.52. The molecule has 134 valence electrons. The lowest BCUT2D eigenvalue weighted by Crippen LogP contribution is -2.41. The van der Waals surface area contributed by atoms with Gasteiger partial charge in [0.05, 0.1) is 18.3 Å². The van der Waals surface area contributed by atoms with Gasteiger partial charge in [-0.3, -0.25) is 0 Å². The fourth-order valence-electron chi connectivity index (χ4n) is 2.64. The van der Waals surface area contributed by atoms with Crippen LogP contribution >= 0.6 is 23.2 Å². The molecule has 1 fully saturated rings. The van der Waals surface area contributed by atoms with E-state index in [1.165, 1.54) is 0 Å². The number of ether oxygens (including phenoxy) is 1. The average Bonchev–Trinajstić information content (AvgIpc) is 2.74. The highest BCUT2D eigenvalue weighted by molar-refractivity contribution is 6.63. The Balaban J connectivity index is 2.30. The van der Waals surface area contributed by atoms with E-state index in [0.717, 1.165) is 30.0 Å². The average molecular weight is 374 g/mol. The van der Waals surface area contributed by atoms with Crippen LogP contribution in [0.4, 0.5) is 5.69 Å². The standard InChI is InChI=1S/C17H26BCl2NO3/c1-16(2)17(3,4)24-18(23-16)14-7-6-13(12-15(14)22-5)21(10-8-19)11-9-20/h6-7,12H,8-11H2,1-5H3. The molecular weight excluding hydrogens is 348 g/mol. The number of anilines is 1. The molecule has 7 heteroatoms. The van der Waals surface area contributed by atoms with Crippen LogP contribution in [0.1, 0.15) is 27.7 Å². The van der Waals surface area contributed by atoms with Gasteiger partial charge in [0.25, 0.3) is 0 Å². The van der Waals surface area contributed by atoms with E-state index in [0.29, 0.717) is 11.8 Å². The molecule has 0 N–H and O–H groups in total. The van der Waals surface area contributed by atoms with Gasteiger partial charge < -0.3 is 18.9 Å². The molecule has 0 unspecified atom stereocenters. The van der Waals surface area contributed by atoms with Gasteiger partial charge in [-0.25, -0.2) is 0 Å². The summed E-state index contributed by atoms with van der Waals surface area (Å²) in [5.41, 5.74) is 1.14. The van der Waals surface area contributed by atoms with Crippen molar-refractivity contribution in [2.45, 2.75) is 38.9 Å². The second kappa shape index (κ2) is 7.73. The Morgan fingerprint density at radius 2 is 1.58 bits per heavy atom. The number of hydrogen-bond donors (Lipinski definition) is 0. The number of hydrogen-bond acceptors (Lipinski definition) is 4. The molecule has 1 aromatic carbocycles. The Bertz CT molecular complexity index is 547. The molecule has 0 aliphatic carbocycles. The summed E-state index contributed by atoms with van der Waals surface area (Å²) < 4.78 is 17.8. The first-order valence-corrected chi connectivity index (χ1v) is 9.23.